The van der Waals surface area contributed by atoms with Crippen LogP contribution in [0.25, 0.3) is 0 Å². The number of carbonyl (C=O) groups is 1. The molecule has 96 valence electrons. The van der Waals surface area contributed by atoms with Crippen LogP contribution >= 0.6 is 0 Å². The standard InChI is InChI=1S/C11H24N2O3/c1-9(14)8-12-6-5-7-13-10(15)16-11(2,3)4/h9,12,14H,5-8H2,1-4H3,(H,13,15)/t9-/m0/s1. The highest BCUT2D eigenvalue weighted by Gasteiger charge is 2.15. The molecule has 0 spiro atoms. The molecule has 0 bridgehead atoms. The summed E-state index contributed by atoms with van der Waals surface area (Å²) in [6.07, 6.45) is 0.0910. The van der Waals surface area contributed by atoms with Gasteiger partial charge >= 0.3 is 6.09 Å². The Morgan fingerprint density at radius 3 is 2.50 bits per heavy atom. The minimum Gasteiger partial charge on any atom is -0.444 e. The second kappa shape index (κ2) is 7.46. The van der Waals surface area contributed by atoms with E-state index in [1.807, 2.05) is 20.8 Å². The van der Waals surface area contributed by atoms with Crippen LogP contribution in [0.1, 0.15) is 34.1 Å². The first kappa shape index (κ1) is 15.2. The average molecular weight is 232 g/mol. The molecule has 0 aromatic carbocycles. The zero-order chi connectivity index (χ0) is 12.6. The number of ether oxygens (including phenoxy) is 1. The van der Waals surface area contributed by atoms with Gasteiger partial charge in [-0.15, -0.1) is 0 Å². The fourth-order valence-corrected chi connectivity index (χ4v) is 1.03. The van der Waals surface area contributed by atoms with Crippen molar-refractivity contribution in [3.8, 4) is 0 Å². The van der Waals surface area contributed by atoms with Crippen molar-refractivity contribution in [2.45, 2.75) is 45.8 Å². The molecule has 5 nitrogen and oxygen atoms in total. The molecular formula is C11H24N2O3. The highest BCUT2D eigenvalue weighted by molar-refractivity contribution is 5.67. The summed E-state index contributed by atoms with van der Waals surface area (Å²) in [5.41, 5.74) is -0.450. The van der Waals surface area contributed by atoms with Crippen molar-refractivity contribution in [1.82, 2.24) is 10.6 Å². The molecule has 0 aliphatic heterocycles. The number of carbonyl (C=O) groups excluding carboxylic acids is 1. The zero-order valence-electron chi connectivity index (χ0n) is 10.7. The molecule has 0 saturated carbocycles. The number of nitrogens with one attached hydrogen (secondary N) is 2. The zero-order valence-corrected chi connectivity index (χ0v) is 10.7. The smallest absolute Gasteiger partial charge is 0.407 e. The van der Waals surface area contributed by atoms with Gasteiger partial charge in [0.1, 0.15) is 5.60 Å². The predicted molar refractivity (Wildman–Crippen MR) is 63.4 cm³/mol. The topological polar surface area (TPSA) is 70.6 Å². The van der Waals surface area contributed by atoms with Gasteiger partial charge in [0.15, 0.2) is 0 Å². The second-order valence-electron chi connectivity index (χ2n) is 4.84. The van der Waals surface area contributed by atoms with Gasteiger partial charge in [-0.1, -0.05) is 0 Å². The third-order valence-electron chi connectivity index (χ3n) is 1.64. The van der Waals surface area contributed by atoms with Gasteiger partial charge in [0, 0.05) is 13.1 Å². The van der Waals surface area contributed by atoms with Gasteiger partial charge in [0.2, 0.25) is 0 Å². The van der Waals surface area contributed by atoms with Gasteiger partial charge in [0.25, 0.3) is 0 Å². The number of aliphatic hydroxyl groups is 1. The minimum absolute atomic E-state index is 0.334. The molecule has 1 atom stereocenters. The Labute approximate surface area is 97.6 Å². The maximum Gasteiger partial charge on any atom is 0.407 e. The van der Waals surface area contributed by atoms with Gasteiger partial charge in [-0.2, -0.15) is 0 Å². The van der Waals surface area contributed by atoms with Crippen molar-refractivity contribution < 1.29 is 14.6 Å². The number of aliphatic hydroxyl groups excluding tert-OH is 1. The second-order valence-corrected chi connectivity index (χ2v) is 4.84. The Morgan fingerprint density at radius 1 is 1.38 bits per heavy atom. The van der Waals surface area contributed by atoms with E-state index in [9.17, 15) is 4.79 Å². The molecule has 0 unspecified atom stereocenters. The highest BCUT2D eigenvalue weighted by atomic mass is 16.6. The van der Waals surface area contributed by atoms with E-state index >= 15 is 0 Å². The average Bonchev–Trinajstić information content (AvgIpc) is 2.07. The first-order valence-corrected chi connectivity index (χ1v) is 5.67. The molecule has 0 fully saturated rings. The third kappa shape index (κ3) is 11.3. The fraction of sp³-hybridized carbons (Fsp3) is 0.909. The van der Waals surface area contributed by atoms with E-state index < -0.39 is 5.60 Å². The molecule has 0 heterocycles. The number of hydrogen-bond donors (Lipinski definition) is 3. The summed E-state index contributed by atoms with van der Waals surface area (Å²) in [7, 11) is 0. The van der Waals surface area contributed by atoms with E-state index in [4.69, 9.17) is 9.84 Å². The number of rotatable bonds is 6. The lowest BCUT2D eigenvalue weighted by Crippen LogP contribution is -2.34. The Bertz CT molecular complexity index is 200. The van der Waals surface area contributed by atoms with Gasteiger partial charge in [-0.05, 0) is 40.7 Å². The molecular weight excluding hydrogens is 208 g/mol. The van der Waals surface area contributed by atoms with Crippen LogP contribution in [0.2, 0.25) is 0 Å². The Morgan fingerprint density at radius 2 is 2.00 bits per heavy atom. The van der Waals surface area contributed by atoms with E-state index in [0.717, 1.165) is 13.0 Å². The molecule has 0 aliphatic rings. The quantitative estimate of drug-likeness (QED) is 0.594. The fourth-order valence-electron chi connectivity index (χ4n) is 1.03. The lowest BCUT2D eigenvalue weighted by Gasteiger charge is -2.19. The Kier molecular flexibility index (Phi) is 7.08. The molecule has 0 saturated heterocycles. The maximum atomic E-state index is 11.2. The van der Waals surface area contributed by atoms with Crippen molar-refractivity contribution in [2.75, 3.05) is 19.6 Å². The van der Waals surface area contributed by atoms with Crippen molar-refractivity contribution in [2.24, 2.45) is 0 Å². The van der Waals surface area contributed by atoms with Crippen molar-refractivity contribution in [3.05, 3.63) is 0 Å². The molecule has 3 N–H and O–H groups in total. The summed E-state index contributed by atoms with van der Waals surface area (Å²) in [6, 6.07) is 0. The number of hydrogen-bond acceptors (Lipinski definition) is 4. The SMILES string of the molecule is C[C@H](O)CNCCCNC(=O)OC(C)(C)C. The van der Waals surface area contributed by atoms with Crippen LogP contribution in [0, 0.1) is 0 Å². The maximum absolute atomic E-state index is 11.2. The summed E-state index contributed by atoms with van der Waals surface area (Å²) >= 11 is 0. The summed E-state index contributed by atoms with van der Waals surface area (Å²) in [5.74, 6) is 0. The molecule has 0 aromatic heterocycles. The van der Waals surface area contributed by atoms with E-state index in [2.05, 4.69) is 10.6 Å². The molecule has 0 aromatic rings. The normalized spacial score (nSPS) is 13.3. The Balaban J connectivity index is 3.35. The van der Waals surface area contributed by atoms with Crippen LogP contribution in [-0.2, 0) is 4.74 Å². The predicted octanol–water partition coefficient (Wildman–Crippen LogP) is 0.872. The Hall–Kier alpha value is -0.810. The molecule has 1 amide bonds. The van der Waals surface area contributed by atoms with E-state index in [-0.39, 0.29) is 12.2 Å². The lowest BCUT2D eigenvalue weighted by atomic mass is 10.2. The number of alkyl carbamates (subject to hydrolysis) is 1. The first-order valence-electron chi connectivity index (χ1n) is 5.67. The molecule has 0 rings (SSSR count). The largest absolute Gasteiger partial charge is 0.444 e. The molecule has 16 heavy (non-hydrogen) atoms. The van der Waals surface area contributed by atoms with Crippen LogP contribution in [0.4, 0.5) is 4.79 Å². The molecule has 0 aliphatic carbocycles. The summed E-state index contributed by atoms with van der Waals surface area (Å²) in [6.45, 7) is 9.13. The van der Waals surface area contributed by atoms with E-state index in [1.165, 1.54) is 0 Å². The molecule has 0 radical (unpaired) electrons. The minimum atomic E-state index is -0.450. The van der Waals surface area contributed by atoms with Crippen molar-refractivity contribution in [1.29, 1.82) is 0 Å². The number of amides is 1. The van der Waals surface area contributed by atoms with E-state index in [1.54, 1.807) is 6.92 Å². The van der Waals surface area contributed by atoms with Crippen LogP contribution in [0.3, 0.4) is 0 Å². The van der Waals surface area contributed by atoms with E-state index in [0.29, 0.717) is 13.1 Å². The van der Waals surface area contributed by atoms with Gasteiger partial charge in [0.05, 0.1) is 6.10 Å². The first-order chi connectivity index (χ1) is 7.31. The summed E-state index contributed by atoms with van der Waals surface area (Å²) < 4.78 is 5.07. The van der Waals surface area contributed by atoms with Gasteiger partial charge < -0.3 is 20.5 Å². The summed E-state index contributed by atoms with van der Waals surface area (Å²) in [4.78, 5) is 11.2. The van der Waals surface area contributed by atoms with Crippen LogP contribution in [0.5, 0.6) is 0 Å². The van der Waals surface area contributed by atoms with Crippen molar-refractivity contribution in [3.63, 3.8) is 0 Å². The van der Waals surface area contributed by atoms with Gasteiger partial charge in [-0.3, -0.25) is 0 Å². The van der Waals surface area contributed by atoms with Crippen LogP contribution in [0.15, 0.2) is 0 Å². The third-order valence-corrected chi connectivity index (χ3v) is 1.64. The highest BCUT2D eigenvalue weighted by Crippen LogP contribution is 2.06. The monoisotopic (exact) mass is 232 g/mol. The lowest BCUT2D eigenvalue weighted by molar-refractivity contribution is 0.0527. The summed E-state index contributed by atoms with van der Waals surface area (Å²) in [5, 5.41) is 14.7. The van der Waals surface area contributed by atoms with Crippen molar-refractivity contribution >= 4 is 6.09 Å². The van der Waals surface area contributed by atoms with Crippen LogP contribution < -0.4 is 10.6 Å². The van der Waals surface area contributed by atoms with Gasteiger partial charge in [-0.25, -0.2) is 4.79 Å². The van der Waals surface area contributed by atoms with Crippen LogP contribution in [-0.4, -0.2) is 42.5 Å². The molecule has 5 heteroatoms.